The van der Waals surface area contributed by atoms with Gasteiger partial charge in [-0.1, -0.05) is 48.8 Å². The van der Waals surface area contributed by atoms with E-state index in [1.54, 1.807) is 0 Å². The van der Waals surface area contributed by atoms with Gasteiger partial charge < -0.3 is 10.0 Å². The maximum absolute atomic E-state index is 12.0. The van der Waals surface area contributed by atoms with Crippen LogP contribution in [-0.4, -0.2) is 29.6 Å². The van der Waals surface area contributed by atoms with Crippen molar-refractivity contribution in [3.63, 3.8) is 0 Å². The zero-order valence-electron chi connectivity index (χ0n) is 19.1. The minimum absolute atomic E-state index is 0. The van der Waals surface area contributed by atoms with E-state index in [-0.39, 0.29) is 54.0 Å². The largest absolute Gasteiger partial charge is 0.385 e. The van der Waals surface area contributed by atoms with E-state index in [4.69, 9.17) is 6.85 Å². The maximum Gasteiger partial charge on any atom is 0.0942 e. The van der Waals surface area contributed by atoms with Crippen LogP contribution in [0.25, 0.3) is 0 Å². The molecule has 2 fully saturated rings. The third-order valence-corrected chi connectivity index (χ3v) is 6.08. The molecule has 4 atom stereocenters. The van der Waals surface area contributed by atoms with Gasteiger partial charge in [0.2, 0.25) is 0 Å². The summed E-state index contributed by atoms with van der Waals surface area (Å²) in [6.07, 6.45) is 10.1. The highest BCUT2D eigenvalue weighted by molar-refractivity contribution is 5.85. The van der Waals surface area contributed by atoms with Gasteiger partial charge in [-0.2, -0.15) is 0 Å². The molecule has 24 heavy (non-hydrogen) atoms. The fourth-order valence-corrected chi connectivity index (χ4v) is 4.80. The average Bonchev–Trinajstić information content (AvgIpc) is 3.34. The summed E-state index contributed by atoms with van der Waals surface area (Å²) in [5.74, 6) is 0.548. The number of piperidine rings is 1. The lowest BCUT2D eigenvalue weighted by molar-refractivity contribution is -0.0495. The van der Waals surface area contributed by atoms with Crippen molar-refractivity contribution in [2.24, 2.45) is 17.8 Å². The second-order valence-electron chi connectivity index (χ2n) is 7.46. The van der Waals surface area contributed by atoms with E-state index in [2.05, 4.69) is 17.1 Å². The number of nitrogens with zero attached hydrogens (tertiary/aromatic N) is 1. The number of fused-ring (bicyclic) bond motifs is 2. The van der Waals surface area contributed by atoms with E-state index in [9.17, 15) is 5.11 Å². The Morgan fingerprint density at radius 3 is 2.46 bits per heavy atom. The summed E-state index contributed by atoms with van der Waals surface area (Å²) >= 11 is 0. The summed E-state index contributed by atoms with van der Waals surface area (Å²) in [4.78, 5) is 2.34. The number of likely N-dealkylation sites (tertiary alicyclic amines) is 1. The Labute approximate surface area is 159 Å². The van der Waals surface area contributed by atoms with Gasteiger partial charge in [-0.3, -0.25) is 0 Å². The van der Waals surface area contributed by atoms with Crippen LogP contribution in [0.15, 0.2) is 42.4 Å². The normalized spacial score (nSPS) is 34.5. The monoisotopic (exact) mass is 352 g/mol. The Morgan fingerprint density at radius 2 is 1.83 bits per heavy atom. The average molecular weight is 353 g/mol. The zero-order chi connectivity index (χ0) is 20.1. The number of hydrogen-bond acceptors (Lipinski definition) is 2. The van der Waals surface area contributed by atoms with Gasteiger partial charge in [-0.05, 0) is 68.5 Å². The molecule has 4 unspecified atom stereocenters. The summed E-state index contributed by atoms with van der Waals surface area (Å²) in [7, 11) is 0. The van der Waals surface area contributed by atoms with Crippen molar-refractivity contribution in [3.8, 4) is 0 Å². The van der Waals surface area contributed by atoms with Gasteiger partial charge in [0, 0.05) is 6.54 Å². The van der Waals surface area contributed by atoms with E-state index in [1.807, 2.05) is 0 Å². The Hall–Kier alpha value is -0.830. The predicted octanol–water partition coefficient (Wildman–Crippen LogP) is 4.38. The lowest BCUT2D eigenvalue weighted by atomic mass is 9.72. The first-order chi connectivity index (χ1) is 13.3. The molecular weight excluding hydrogens is 318 g/mol. The molecule has 0 amide bonds. The molecule has 1 aromatic rings. The van der Waals surface area contributed by atoms with E-state index in [0.717, 1.165) is 38.8 Å². The number of rotatable bonds is 5. The minimum Gasteiger partial charge on any atom is -0.385 e. The molecule has 2 nitrogen and oxygen atoms in total. The summed E-state index contributed by atoms with van der Waals surface area (Å²) in [5, 5.41) is 12.0. The molecule has 0 spiro atoms. The summed E-state index contributed by atoms with van der Waals surface area (Å²) in [5.41, 5.74) is -1.31. The lowest BCUT2D eigenvalue weighted by Crippen LogP contribution is -2.42. The second-order valence-corrected chi connectivity index (χ2v) is 7.46. The Bertz CT molecular complexity index is 769. The molecule has 1 aromatic carbocycles. The number of aliphatic hydroxyl groups is 1. The van der Waals surface area contributed by atoms with Crippen molar-refractivity contribution in [1.82, 2.24) is 4.90 Å². The van der Waals surface area contributed by atoms with Crippen LogP contribution < -0.4 is 0 Å². The quantitative estimate of drug-likeness (QED) is 0.795. The van der Waals surface area contributed by atoms with Crippen molar-refractivity contribution in [3.05, 3.63) is 47.9 Å². The topological polar surface area (TPSA) is 23.5 Å². The molecule has 2 aliphatic carbocycles. The standard InChI is InChI=1S/C21H29NO.ClH/c23-21(19-7-3-1-4-8-19,11-14-22-12-5-2-6-13-22)20-16-17-9-10-18(20)15-17;/h1,3-4,7-10,17-18,20,23H,2,5-6,11-16H2;1H/i1D,3D,4D,7D,8D;. The number of allylic oxidation sites excluding steroid dienone is 2. The van der Waals surface area contributed by atoms with E-state index >= 15 is 0 Å². The SMILES string of the molecule is Cl.[2H]c1c([2H])c([2H])c(C(O)(CCN2CCCCC2)C2CC3C=CC2C3)c([2H])c1[2H]. The third-order valence-electron chi connectivity index (χ3n) is 6.08. The Morgan fingerprint density at radius 1 is 1.08 bits per heavy atom. The smallest absolute Gasteiger partial charge is 0.0942 e. The molecule has 1 N–H and O–H groups in total. The highest BCUT2D eigenvalue weighted by Gasteiger charge is 2.48. The molecule has 1 aliphatic heterocycles. The van der Waals surface area contributed by atoms with E-state index in [0.29, 0.717) is 18.9 Å². The van der Waals surface area contributed by atoms with Gasteiger partial charge in [-0.25, -0.2) is 0 Å². The first-order valence-electron chi connectivity index (χ1n) is 11.5. The van der Waals surface area contributed by atoms with Gasteiger partial charge in [0.05, 0.1) is 12.5 Å². The van der Waals surface area contributed by atoms with Gasteiger partial charge >= 0.3 is 0 Å². The lowest BCUT2D eigenvalue weighted by Gasteiger charge is -2.40. The van der Waals surface area contributed by atoms with E-state index in [1.165, 1.54) is 6.42 Å². The van der Waals surface area contributed by atoms with Gasteiger partial charge in [-0.15, -0.1) is 12.4 Å². The Balaban J connectivity index is 0.00000240. The van der Waals surface area contributed by atoms with Gasteiger partial charge in [0.1, 0.15) is 0 Å². The molecule has 4 rings (SSSR count). The molecule has 0 radical (unpaired) electrons. The zero-order valence-corrected chi connectivity index (χ0v) is 14.9. The number of hydrogen-bond donors (Lipinski definition) is 1. The first-order valence-corrected chi connectivity index (χ1v) is 9.03. The number of benzene rings is 1. The molecule has 3 heteroatoms. The minimum atomic E-state index is -1.41. The molecule has 3 aliphatic rings. The van der Waals surface area contributed by atoms with Crippen molar-refractivity contribution in [2.45, 2.75) is 44.1 Å². The van der Waals surface area contributed by atoms with Crippen LogP contribution in [0, 0.1) is 17.8 Å². The molecule has 2 bridgehead atoms. The fourth-order valence-electron chi connectivity index (χ4n) is 4.80. The first kappa shape index (κ1) is 12.5. The summed E-state index contributed by atoms with van der Waals surface area (Å²) in [6.45, 7) is 2.71. The predicted molar refractivity (Wildman–Crippen MR) is 101 cm³/mol. The van der Waals surface area contributed by atoms with Crippen molar-refractivity contribution >= 4 is 12.4 Å². The van der Waals surface area contributed by atoms with Gasteiger partial charge in [0.25, 0.3) is 0 Å². The third kappa shape index (κ3) is 3.42. The van der Waals surface area contributed by atoms with Crippen LogP contribution >= 0.6 is 12.4 Å². The molecule has 1 saturated carbocycles. The Kier molecular flexibility index (Phi) is 3.96. The molecule has 1 saturated heterocycles. The fraction of sp³-hybridized carbons (Fsp3) is 0.619. The van der Waals surface area contributed by atoms with Gasteiger partial charge in [0.15, 0.2) is 0 Å². The highest BCUT2D eigenvalue weighted by Crippen LogP contribution is 2.52. The van der Waals surface area contributed by atoms with Crippen LogP contribution in [-0.2, 0) is 5.60 Å². The summed E-state index contributed by atoms with van der Waals surface area (Å²) in [6, 6.07) is -1.61. The number of halogens is 1. The van der Waals surface area contributed by atoms with Crippen molar-refractivity contribution < 1.29 is 12.0 Å². The molecule has 1 heterocycles. The van der Waals surface area contributed by atoms with Crippen LogP contribution in [0.2, 0.25) is 0 Å². The van der Waals surface area contributed by atoms with Crippen molar-refractivity contribution in [1.29, 1.82) is 0 Å². The molecular formula is C21H30ClNO. The molecule has 132 valence electrons. The van der Waals surface area contributed by atoms with Crippen molar-refractivity contribution in [2.75, 3.05) is 19.6 Å². The van der Waals surface area contributed by atoms with E-state index < -0.39 is 11.6 Å². The molecule has 0 aromatic heterocycles. The summed E-state index contributed by atoms with van der Waals surface area (Å²) < 4.78 is 40.9. The maximum atomic E-state index is 12.0. The highest BCUT2D eigenvalue weighted by atomic mass is 35.5. The van der Waals surface area contributed by atoms with Crippen LogP contribution in [0.1, 0.15) is 50.9 Å². The van der Waals surface area contributed by atoms with Crippen LogP contribution in [0.5, 0.6) is 0 Å². The van der Waals surface area contributed by atoms with Crippen LogP contribution in [0.4, 0.5) is 0 Å². The van der Waals surface area contributed by atoms with Crippen LogP contribution in [0.3, 0.4) is 0 Å². The second kappa shape index (κ2) is 7.59.